The topological polar surface area (TPSA) is 58.6 Å². The van der Waals surface area contributed by atoms with Gasteiger partial charge in [0.2, 0.25) is 5.91 Å². The number of carbonyl (C=O) groups excluding carboxylic acids is 2. The van der Waals surface area contributed by atoms with Gasteiger partial charge in [-0.25, -0.2) is 0 Å². The molecule has 0 bridgehead atoms. The number of anilines is 1. The number of allylic oxidation sites excluding steroid dienone is 1. The molecule has 0 atom stereocenters. The average molecular weight is 370 g/mol. The molecule has 3 rings (SSSR count). The molecule has 27 heavy (non-hydrogen) atoms. The second kappa shape index (κ2) is 8.15. The van der Waals surface area contributed by atoms with Crippen molar-refractivity contribution in [3.05, 3.63) is 35.4 Å². The maximum atomic E-state index is 12.4. The summed E-state index contributed by atoms with van der Waals surface area (Å²) in [6.45, 7) is 7.03. The molecule has 0 unspecified atom stereocenters. The van der Waals surface area contributed by atoms with Crippen LogP contribution < -0.4 is 15.0 Å². The molecule has 0 radical (unpaired) electrons. The van der Waals surface area contributed by atoms with Gasteiger partial charge in [0, 0.05) is 6.54 Å². The summed E-state index contributed by atoms with van der Waals surface area (Å²) in [5.41, 5.74) is 3.24. The number of ether oxygens (including phenoxy) is 1. The molecule has 1 heterocycles. The molecule has 146 valence electrons. The molecular formula is C22H30N2O3. The van der Waals surface area contributed by atoms with Gasteiger partial charge in [-0.3, -0.25) is 14.5 Å². The van der Waals surface area contributed by atoms with E-state index >= 15 is 0 Å². The van der Waals surface area contributed by atoms with E-state index in [0.29, 0.717) is 18.0 Å². The average Bonchev–Trinajstić information content (AvgIpc) is 2.64. The van der Waals surface area contributed by atoms with Crippen molar-refractivity contribution < 1.29 is 14.3 Å². The number of nitrogens with zero attached hydrogens (tertiary/aromatic N) is 1. The predicted molar refractivity (Wildman–Crippen MR) is 107 cm³/mol. The maximum Gasteiger partial charge on any atom is 0.265 e. The van der Waals surface area contributed by atoms with E-state index in [-0.39, 0.29) is 30.4 Å². The van der Waals surface area contributed by atoms with Crippen LogP contribution in [0.15, 0.2) is 29.8 Å². The second-order valence-corrected chi connectivity index (χ2v) is 8.41. The molecule has 0 spiro atoms. The van der Waals surface area contributed by atoms with Crippen molar-refractivity contribution in [1.82, 2.24) is 5.32 Å². The van der Waals surface area contributed by atoms with Gasteiger partial charge in [0.25, 0.3) is 5.91 Å². The summed E-state index contributed by atoms with van der Waals surface area (Å²) in [6.07, 6.45) is 8.00. The zero-order valence-electron chi connectivity index (χ0n) is 16.6. The molecule has 0 saturated carbocycles. The van der Waals surface area contributed by atoms with Crippen LogP contribution in [0.1, 0.15) is 58.4 Å². The molecule has 0 aromatic heterocycles. The summed E-state index contributed by atoms with van der Waals surface area (Å²) in [5, 5.41) is 2.95. The van der Waals surface area contributed by atoms with Crippen molar-refractivity contribution in [3.8, 4) is 5.75 Å². The van der Waals surface area contributed by atoms with Crippen molar-refractivity contribution in [2.75, 3.05) is 24.6 Å². The van der Waals surface area contributed by atoms with Gasteiger partial charge in [0.15, 0.2) is 6.61 Å². The van der Waals surface area contributed by atoms with Gasteiger partial charge < -0.3 is 10.1 Å². The van der Waals surface area contributed by atoms with Gasteiger partial charge in [-0.15, -0.1) is 0 Å². The molecule has 1 aromatic rings. The number of amides is 2. The normalized spacial score (nSPS) is 17.1. The molecule has 5 nitrogen and oxygen atoms in total. The van der Waals surface area contributed by atoms with E-state index in [1.165, 1.54) is 23.3 Å². The van der Waals surface area contributed by atoms with Crippen LogP contribution in [0.5, 0.6) is 5.75 Å². The lowest BCUT2D eigenvalue weighted by atomic mass is 9.86. The predicted octanol–water partition coefficient (Wildman–Crippen LogP) is 3.72. The fraction of sp³-hybridized carbons (Fsp3) is 0.545. The highest BCUT2D eigenvalue weighted by Crippen LogP contribution is 2.36. The third-order valence-electron chi connectivity index (χ3n) is 5.22. The summed E-state index contributed by atoms with van der Waals surface area (Å²) in [6, 6.07) is 5.86. The van der Waals surface area contributed by atoms with E-state index in [9.17, 15) is 9.59 Å². The Balaban J connectivity index is 1.62. The molecule has 1 aliphatic carbocycles. The summed E-state index contributed by atoms with van der Waals surface area (Å²) >= 11 is 0. The molecule has 0 saturated heterocycles. The smallest absolute Gasteiger partial charge is 0.265 e. The van der Waals surface area contributed by atoms with Crippen LogP contribution in [0, 0.1) is 0 Å². The Morgan fingerprint density at radius 3 is 2.78 bits per heavy atom. The Kier molecular flexibility index (Phi) is 5.88. The molecule has 1 aromatic carbocycles. The second-order valence-electron chi connectivity index (χ2n) is 8.41. The van der Waals surface area contributed by atoms with Crippen molar-refractivity contribution in [3.63, 3.8) is 0 Å². The summed E-state index contributed by atoms with van der Waals surface area (Å²) in [4.78, 5) is 26.2. The van der Waals surface area contributed by atoms with Gasteiger partial charge in [0.1, 0.15) is 12.3 Å². The number of hydrogen-bond donors (Lipinski definition) is 1. The Bertz CT molecular complexity index is 746. The standard InChI is InChI=1S/C22H30N2O3/c1-22(2,3)17-9-10-18-19(13-17)27-15-21(26)24(18)14-20(25)23-12-11-16-7-5-4-6-8-16/h7,9-10,13H,4-6,8,11-12,14-15H2,1-3H3,(H,23,25). The Morgan fingerprint density at radius 2 is 2.07 bits per heavy atom. The van der Waals surface area contributed by atoms with Crippen molar-refractivity contribution in [2.24, 2.45) is 0 Å². The Hall–Kier alpha value is -2.30. The van der Waals surface area contributed by atoms with E-state index in [4.69, 9.17) is 4.74 Å². The van der Waals surface area contributed by atoms with Crippen LogP contribution in [-0.2, 0) is 15.0 Å². The van der Waals surface area contributed by atoms with Crippen LogP contribution in [0.25, 0.3) is 0 Å². The number of nitrogens with one attached hydrogen (secondary N) is 1. The number of hydrogen-bond acceptors (Lipinski definition) is 3. The molecule has 1 aliphatic heterocycles. The summed E-state index contributed by atoms with van der Waals surface area (Å²) in [7, 11) is 0. The van der Waals surface area contributed by atoms with Gasteiger partial charge in [-0.1, -0.05) is 38.5 Å². The highest BCUT2D eigenvalue weighted by Gasteiger charge is 2.28. The van der Waals surface area contributed by atoms with Crippen molar-refractivity contribution in [1.29, 1.82) is 0 Å². The van der Waals surface area contributed by atoms with E-state index < -0.39 is 0 Å². The maximum absolute atomic E-state index is 12.4. The van der Waals surface area contributed by atoms with E-state index in [1.54, 1.807) is 0 Å². The SMILES string of the molecule is CC(C)(C)c1ccc2c(c1)OCC(=O)N2CC(=O)NCCC1=CCCCC1. The molecular weight excluding hydrogens is 340 g/mol. The van der Waals surface area contributed by atoms with Crippen LogP contribution in [0.3, 0.4) is 0 Å². The third kappa shape index (κ3) is 4.90. The largest absolute Gasteiger partial charge is 0.482 e. The lowest BCUT2D eigenvalue weighted by molar-refractivity contribution is -0.125. The highest BCUT2D eigenvalue weighted by atomic mass is 16.5. The summed E-state index contributed by atoms with van der Waals surface area (Å²) in [5.74, 6) is 0.353. The van der Waals surface area contributed by atoms with Crippen molar-refractivity contribution in [2.45, 2.75) is 58.3 Å². The first-order valence-corrected chi connectivity index (χ1v) is 9.87. The third-order valence-corrected chi connectivity index (χ3v) is 5.22. The van der Waals surface area contributed by atoms with E-state index in [0.717, 1.165) is 24.8 Å². The minimum atomic E-state index is -0.184. The zero-order chi connectivity index (χ0) is 19.4. The number of carbonyl (C=O) groups is 2. The highest BCUT2D eigenvalue weighted by molar-refractivity contribution is 6.02. The van der Waals surface area contributed by atoms with Crippen LogP contribution in [0.2, 0.25) is 0 Å². The summed E-state index contributed by atoms with van der Waals surface area (Å²) < 4.78 is 5.61. The van der Waals surface area contributed by atoms with E-state index in [2.05, 4.69) is 32.2 Å². The monoisotopic (exact) mass is 370 g/mol. The lowest BCUT2D eigenvalue weighted by Gasteiger charge is -2.30. The molecule has 2 amide bonds. The number of rotatable bonds is 5. The van der Waals surface area contributed by atoms with Gasteiger partial charge in [-0.05, 0) is 55.2 Å². The minimum absolute atomic E-state index is 0.00411. The van der Waals surface area contributed by atoms with E-state index in [1.807, 2.05) is 18.2 Å². The fourth-order valence-electron chi connectivity index (χ4n) is 3.54. The zero-order valence-corrected chi connectivity index (χ0v) is 16.6. The van der Waals surface area contributed by atoms with Gasteiger partial charge >= 0.3 is 0 Å². The molecule has 1 N–H and O–H groups in total. The van der Waals surface area contributed by atoms with Crippen molar-refractivity contribution >= 4 is 17.5 Å². The van der Waals surface area contributed by atoms with Crippen LogP contribution in [0.4, 0.5) is 5.69 Å². The molecule has 2 aliphatic rings. The quantitative estimate of drug-likeness (QED) is 0.804. The van der Waals surface area contributed by atoms with Gasteiger partial charge in [0.05, 0.1) is 5.69 Å². The first-order valence-electron chi connectivity index (χ1n) is 9.87. The van der Waals surface area contributed by atoms with Gasteiger partial charge in [-0.2, -0.15) is 0 Å². The minimum Gasteiger partial charge on any atom is -0.482 e. The number of benzene rings is 1. The van der Waals surface area contributed by atoms with Crippen LogP contribution in [-0.4, -0.2) is 31.5 Å². The molecule has 0 fully saturated rings. The number of fused-ring (bicyclic) bond motifs is 1. The molecule has 5 heteroatoms. The Labute approximate surface area is 161 Å². The fourth-order valence-corrected chi connectivity index (χ4v) is 3.54. The van der Waals surface area contributed by atoms with Crippen LogP contribution >= 0.6 is 0 Å². The first-order chi connectivity index (χ1) is 12.8. The Morgan fingerprint density at radius 1 is 1.26 bits per heavy atom. The lowest BCUT2D eigenvalue weighted by Crippen LogP contribution is -2.45. The first kappa shape index (κ1) is 19.5.